The molecule has 1 aromatic carbocycles. The molecule has 1 aromatic heterocycles. The van der Waals surface area contributed by atoms with E-state index < -0.39 is 5.97 Å². The molecule has 6 heteroatoms. The smallest absolute Gasteiger partial charge is 0.341 e. The Labute approximate surface area is 164 Å². The molecule has 27 heavy (non-hydrogen) atoms. The van der Waals surface area contributed by atoms with Crippen molar-refractivity contribution in [2.24, 2.45) is 0 Å². The lowest BCUT2D eigenvalue weighted by Crippen LogP contribution is -2.39. The van der Waals surface area contributed by atoms with Gasteiger partial charge in [0.05, 0.1) is 13.7 Å². The number of thiophene rings is 1. The van der Waals surface area contributed by atoms with E-state index in [1.165, 1.54) is 37.7 Å². The van der Waals surface area contributed by atoms with Crippen LogP contribution >= 0.6 is 11.3 Å². The number of ether oxygens (including phenoxy) is 1. The highest BCUT2D eigenvalue weighted by Gasteiger charge is 2.24. The summed E-state index contributed by atoms with van der Waals surface area (Å²) in [5.41, 5.74) is 2.12. The number of hydrogen-bond donors (Lipinski definition) is 1. The largest absolute Gasteiger partial charge is 0.465 e. The summed E-state index contributed by atoms with van der Waals surface area (Å²) < 4.78 is 4.96. The number of anilines is 1. The Bertz CT molecular complexity index is 782. The van der Waals surface area contributed by atoms with E-state index in [-0.39, 0.29) is 5.91 Å². The summed E-state index contributed by atoms with van der Waals surface area (Å²) in [5.74, 6) is -0.541. The van der Waals surface area contributed by atoms with E-state index in [1.54, 1.807) is 0 Å². The predicted molar refractivity (Wildman–Crippen MR) is 109 cm³/mol. The van der Waals surface area contributed by atoms with Gasteiger partial charge in [0.25, 0.3) is 0 Å². The zero-order valence-corrected chi connectivity index (χ0v) is 16.7. The molecule has 1 amide bonds. The summed E-state index contributed by atoms with van der Waals surface area (Å²) in [7, 11) is 3.36. The van der Waals surface area contributed by atoms with Crippen LogP contribution in [0.15, 0.2) is 35.7 Å². The Hall–Kier alpha value is -2.18. The molecule has 1 N–H and O–H groups in total. The third-order valence-electron chi connectivity index (χ3n) is 5.11. The van der Waals surface area contributed by atoms with Crippen molar-refractivity contribution in [3.8, 4) is 11.1 Å². The molecule has 0 aliphatic heterocycles. The molecular formula is C21H26N2O3S. The van der Waals surface area contributed by atoms with Gasteiger partial charge in [-0.25, -0.2) is 4.79 Å². The SMILES string of the molecule is COC(=O)c1c(-c2ccccc2)csc1NC(=O)CN(C)C1CCCCC1. The molecule has 0 saturated heterocycles. The van der Waals surface area contributed by atoms with E-state index in [1.807, 2.05) is 42.8 Å². The lowest BCUT2D eigenvalue weighted by atomic mass is 9.94. The number of nitrogens with one attached hydrogen (secondary N) is 1. The maximum Gasteiger partial charge on any atom is 0.341 e. The van der Waals surface area contributed by atoms with Crippen LogP contribution in [0.1, 0.15) is 42.5 Å². The number of hydrogen-bond acceptors (Lipinski definition) is 5. The van der Waals surface area contributed by atoms with Crippen LogP contribution in [0.25, 0.3) is 11.1 Å². The average molecular weight is 387 g/mol. The van der Waals surface area contributed by atoms with Crippen molar-refractivity contribution in [3.63, 3.8) is 0 Å². The number of amides is 1. The van der Waals surface area contributed by atoms with E-state index >= 15 is 0 Å². The first-order valence-corrected chi connectivity index (χ1v) is 10.2. The summed E-state index contributed by atoms with van der Waals surface area (Å²) in [6, 6.07) is 10.1. The van der Waals surface area contributed by atoms with E-state index in [0.29, 0.717) is 23.2 Å². The highest BCUT2D eigenvalue weighted by molar-refractivity contribution is 7.15. The third kappa shape index (κ3) is 4.76. The molecule has 144 valence electrons. The summed E-state index contributed by atoms with van der Waals surface area (Å²) in [5, 5.41) is 5.36. The minimum absolute atomic E-state index is 0.102. The number of rotatable bonds is 6. The summed E-state index contributed by atoms with van der Waals surface area (Å²) in [6.07, 6.45) is 6.04. The number of methoxy groups -OCH3 is 1. The van der Waals surface area contributed by atoms with Crippen LogP contribution in [0.2, 0.25) is 0 Å². The van der Waals surface area contributed by atoms with Gasteiger partial charge in [-0.2, -0.15) is 0 Å². The molecule has 5 nitrogen and oxygen atoms in total. The van der Waals surface area contributed by atoms with Gasteiger partial charge in [0.1, 0.15) is 10.6 Å². The third-order valence-corrected chi connectivity index (χ3v) is 6.00. The van der Waals surface area contributed by atoms with E-state index in [2.05, 4.69) is 10.2 Å². The lowest BCUT2D eigenvalue weighted by Gasteiger charge is -2.30. The van der Waals surface area contributed by atoms with Crippen molar-refractivity contribution < 1.29 is 14.3 Å². The molecule has 1 aliphatic carbocycles. The Morgan fingerprint density at radius 1 is 1.19 bits per heavy atom. The van der Waals surface area contributed by atoms with Crippen molar-refractivity contribution in [2.45, 2.75) is 38.1 Å². The van der Waals surface area contributed by atoms with Gasteiger partial charge < -0.3 is 10.1 Å². The molecule has 0 atom stereocenters. The van der Waals surface area contributed by atoms with Crippen molar-refractivity contribution in [2.75, 3.05) is 26.0 Å². The van der Waals surface area contributed by atoms with Gasteiger partial charge in [-0.3, -0.25) is 9.69 Å². The molecule has 0 bridgehead atoms. The quantitative estimate of drug-likeness (QED) is 0.748. The average Bonchev–Trinajstić information content (AvgIpc) is 3.12. The van der Waals surface area contributed by atoms with E-state index in [4.69, 9.17) is 4.74 Å². The van der Waals surface area contributed by atoms with Crippen LogP contribution in [-0.2, 0) is 9.53 Å². The standard InChI is InChI=1S/C21H26N2O3S/c1-23(16-11-7-4-8-12-16)13-18(24)22-20-19(21(25)26-2)17(14-27-20)15-9-5-3-6-10-15/h3,5-6,9-10,14,16H,4,7-8,11-13H2,1-2H3,(H,22,24). The molecule has 1 saturated carbocycles. The van der Waals surface area contributed by atoms with Crippen LogP contribution in [0.3, 0.4) is 0 Å². The van der Waals surface area contributed by atoms with Gasteiger partial charge in [0.2, 0.25) is 5.91 Å². The summed E-state index contributed by atoms with van der Waals surface area (Å²) in [6.45, 7) is 0.323. The fourth-order valence-electron chi connectivity index (χ4n) is 3.63. The van der Waals surface area contributed by atoms with Crippen LogP contribution in [0.5, 0.6) is 0 Å². The number of esters is 1. The first kappa shape index (κ1) is 19.6. The molecule has 0 unspecified atom stereocenters. The topological polar surface area (TPSA) is 58.6 Å². The second-order valence-corrected chi connectivity index (χ2v) is 7.85. The van der Waals surface area contributed by atoms with Crippen molar-refractivity contribution in [1.29, 1.82) is 0 Å². The Kier molecular flexibility index (Phi) is 6.63. The maximum atomic E-state index is 12.6. The first-order chi connectivity index (χ1) is 13.1. The zero-order chi connectivity index (χ0) is 19.2. The van der Waals surface area contributed by atoms with Crippen molar-refractivity contribution in [1.82, 2.24) is 4.90 Å². The molecular weight excluding hydrogens is 360 g/mol. The lowest BCUT2D eigenvalue weighted by molar-refractivity contribution is -0.117. The molecule has 1 heterocycles. The maximum absolute atomic E-state index is 12.6. The first-order valence-electron chi connectivity index (χ1n) is 9.35. The monoisotopic (exact) mass is 386 g/mol. The van der Waals surface area contributed by atoms with Gasteiger partial charge in [0, 0.05) is 17.0 Å². The van der Waals surface area contributed by atoms with Crippen molar-refractivity contribution in [3.05, 3.63) is 41.3 Å². The number of nitrogens with zero attached hydrogens (tertiary/aromatic N) is 1. The second kappa shape index (κ2) is 9.15. The van der Waals surface area contributed by atoms with E-state index in [0.717, 1.165) is 24.0 Å². The van der Waals surface area contributed by atoms with Crippen LogP contribution in [0, 0.1) is 0 Å². The van der Waals surface area contributed by atoms with E-state index in [9.17, 15) is 9.59 Å². The Balaban J connectivity index is 1.75. The minimum atomic E-state index is -0.439. The number of benzene rings is 1. The van der Waals surface area contributed by atoms with Gasteiger partial charge in [-0.1, -0.05) is 49.6 Å². The Morgan fingerprint density at radius 3 is 2.56 bits per heavy atom. The molecule has 1 aliphatic rings. The minimum Gasteiger partial charge on any atom is -0.465 e. The molecule has 3 rings (SSSR count). The molecule has 0 radical (unpaired) electrons. The second-order valence-electron chi connectivity index (χ2n) is 6.97. The molecule has 1 fully saturated rings. The highest BCUT2D eigenvalue weighted by Crippen LogP contribution is 2.36. The number of carbonyl (C=O) groups is 2. The normalized spacial score (nSPS) is 14.9. The highest BCUT2D eigenvalue weighted by atomic mass is 32.1. The fraction of sp³-hybridized carbons (Fsp3) is 0.429. The van der Waals surface area contributed by atoms with Crippen LogP contribution < -0.4 is 5.32 Å². The van der Waals surface area contributed by atoms with Gasteiger partial charge in [0.15, 0.2) is 0 Å². The molecule has 2 aromatic rings. The predicted octanol–water partition coefficient (Wildman–Crippen LogP) is 4.40. The number of likely N-dealkylation sites (N-methyl/N-ethyl adjacent to an activating group) is 1. The van der Waals surface area contributed by atoms with Gasteiger partial charge in [-0.05, 0) is 25.5 Å². The number of carbonyl (C=O) groups excluding carboxylic acids is 2. The zero-order valence-electron chi connectivity index (χ0n) is 15.9. The van der Waals surface area contributed by atoms with Gasteiger partial charge >= 0.3 is 5.97 Å². The molecule has 0 spiro atoms. The van der Waals surface area contributed by atoms with Crippen molar-refractivity contribution >= 4 is 28.2 Å². The Morgan fingerprint density at radius 2 is 1.89 bits per heavy atom. The van der Waals surface area contributed by atoms with Crippen LogP contribution in [0.4, 0.5) is 5.00 Å². The fourth-order valence-corrected chi connectivity index (χ4v) is 4.60. The summed E-state index contributed by atoms with van der Waals surface area (Å²) in [4.78, 5) is 27.1. The van der Waals surface area contributed by atoms with Gasteiger partial charge in [-0.15, -0.1) is 11.3 Å². The van der Waals surface area contributed by atoms with Crippen LogP contribution in [-0.4, -0.2) is 43.5 Å². The summed E-state index contributed by atoms with van der Waals surface area (Å²) >= 11 is 1.35.